The summed E-state index contributed by atoms with van der Waals surface area (Å²) in [5.74, 6) is 0.368. The van der Waals surface area contributed by atoms with Crippen molar-refractivity contribution in [2.24, 2.45) is 0 Å². The van der Waals surface area contributed by atoms with E-state index < -0.39 is 0 Å². The van der Waals surface area contributed by atoms with Gasteiger partial charge < -0.3 is 5.11 Å². The Kier molecular flexibility index (Phi) is 3.42. The fraction of sp³-hybridized carbons (Fsp3) is 0.571. The Morgan fingerprint density at radius 1 is 1.13 bits per heavy atom. The van der Waals surface area contributed by atoms with E-state index in [1.165, 1.54) is 30.4 Å². The van der Waals surface area contributed by atoms with E-state index in [0.717, 1.165) is 12.8 Å². The Hall–Kier alpha value is -0.820. The molecule has 1 saturated carbocycles. The number of hydrogen-bond acceptors (Lipinski definition) is 1. The molecule has 0 heterocycles. The van der Waals surface area contributed by atoms with E-state index in [2.05, 4.69) is 31.2 Å². The van der Waals surface area contributed by atoms with Gasteiger partial charge in [0.05, 0.1) is 6.10 Å². The third-order valence-corrected chi connectivity index (χ3v) is 3.45. The second-order valence-corrected chi connectivity index (χ2v) is 4.73. The SMILES string of the molecule is Cc1cccc(C2CCCCCC2O)c1. The van der Waals surface area contributed by atoms with Crippen molar-refractivity contribution in [3.63, 3.8) is 0 Å². The Morgan fingerprint density at radius 3 is 2.73 bits per heavy atom. The zero-order chi connectivity index (χ0) is 10.7. The molecular weight excluding hydrogens is 184 g/mol. The van der Waals surface area contributed by atoms with E-state index in [4.69, 9.17) is 0 Å². The lowest BCUT2D eigenvalue weighted by Crippen LogP contribution is -2.16. The van der Waals surface area contributed by atoms with E-state index >= 15 is 0 Å². The smallest absolute Gasteiger partial charge is 0.0608 e. The van der Waals surface area contributed by atoms with Crippen LogP contribution in [0, 0.1) is 6.92 Å². The minimum absolute atomic E-state index is 0.130. The molecule has 1 aliphatic rings. The summed E-state index contributed by atoms with van der Waals surface area (Å²) in [6.45, 7) is 2.12. The topological polar surface area (TPSA) is 20.2 Å². The molecule has 1 heteroatoms. The van der Waals surface area contributed by atoms with E-state index in [1.807, 2.05) is 0 Å². The summed E-state index contributed by atoms with van der Waals surface area (Å²) in [5.41, 5.74) is 2.62. The standard InChI is InChI=1S/C14H20O/c1-11-6-5-7-12(10-11)13-8-3-2-4-9-14(13)15/h5-7,10,13-15H,2-4,8-9H2,1H3. The molecular formula is C14H20O. The van der Waals surface area contributed by atoms with Gasteiger partial charge in [0.15, 0.2) is 0 Å². The van der Waals surface area contributed by atoms with Gasteiger partial charge in [-0.05, 0) is 25.3 Å². The van der Waals surface area contributed by atoms with E-state index in [0.29, 0.717) is 5.92 Å². The number of rotatable bonds is 1. The van der Waals surface area contributed by atoms with Crippen molar-refractivity contribution in [3.8, 4) is 0 Å². The van der Waals surface area contributed by atoms with Crippen LogP contribution in [-0.4, -0.2) is 11.2 Å². The summed E-state index contributed by atoms with van der Waals surface area (Å²) in [6, 6.07) is 8.60. The van der Waals surface area contributed by atoms with Crippen molar-refractivity contribution in [2.45, 2.75) is 51.0 Å². The largest absolute Gasteiger partial charge is 0.392 e. The molecule has 2 rings (SSSR count). The first-order valence-corrected chi connectivity index (χ1v) is 6.02. The molecule has 0 radical (unpaired) electrons. The first-order valence-electron chi connectivity index (χ1n) is 6.02. The molecule has 1 aromatic carbocycles. The Bertz CT molecular complexity index is 319. The maximum absolute atomic E-state index is 10.1. The molecule has 15 heavy (non-hydrogen) atoms. The van der Waals surface area contributed by atoms with Gasteiger partial charge in [0, 0.05) is 5.92 Å². The van der Waals surface area contributed by atoms with Crippen LogP contribution in [0.25, 0.3) is 0 Å². The van der Waals surface area contributed by atoms with Gasteiger partial charge >= 0.3 is 0 Å². The third-order valence-electron chi connectivity index (χ3n) is 3.45. The summed E-state index contributed by atoms with van der Waals surface area (Å²) in [7, 11) is 0. The summed E-state index contributed by atoms with van der Waals surface area (Å²) in [6.07, 6.45) is 5.70. The molecule has 1 nitrogen and oxygen atoms in total. The first-order chi connectivity index (χ1) is 7.27. The summed E-state index contributed by atoms with van der Waals surface area (Å²) >= 11 is 0. The Morgan fingerprint density at radius 2 is 1.93 bits per heavy atom. The Labute approximate surface area is 92.1 Å². The lowest BCUT2D eigenvalue weighted by molar-refractivity contribution is 0.135. The second-order valence-electron chi connectivity index (χ2n) is 4.73. The predicted molar refractivity (Wildman–Crippen MR) is 63.0 cm³/mol. The second kappa shape index (κ2) is 4.80. The van der Waals surface area contributed by atoms with Gasteiger partial charge in [-0.15, -0.1) is 0 Å². The monoisotopic (exact) mass is 204 g/mol. The maximum Gasteiger partial charge on any atom is 0.0608 e. The molecule has 2 atom stereocenters. The molecule has 0 spiro atoms. The van der Waals surface area contributed by atoms with Crippen LogP contribution in [0.1, 0.15) is 49.1 Å². The van der Waals surface area contributed by atoms with Crippen LogP contribution < -0.4 is 0 Å². The van der Waals surface area contributed by atoms with Crippen LogP contribution in [-0.2, 0) is 0 Å². The van der Waals surface area contributed by atoms with Crippen LogP contribution in [0.2, 0.25) is 0 Å². The minimum atomic E-state index is -0.130. The molecule has 1 N–H and O–H groups in total. The van der Waals surface area contributed by atoms with Crippen molar-refractivity contribution in [1.82, 2.24) is 0 Å². The summed E-state index contributed by atoms with van der Waals surface area (Å²) in [5, 5.41) is 10.1. The van der Waals surface area contributed by atoms with Crippen LogP contribution in [0.15, 0.2) is 24.3 Å². The van der Waals surface area contributed by atoms with Crippen LogP contribution in [0.3, 0.4) is 0 Å². The third kappa shape index (κ3) is 2.60. The van der Waals surface area contributed by atoms with Crippen molar-refractivity contribution in [2.75, 3.05) is 0 Å². The van der Waals surface area contributed by atoms with Crippen molar-refractivity contribution >= 4 is 0 Å². The maximum atomic E-state index is 10.1. The Balaban J connectivity index is 2.20. The molecule has 0 aliphatic heterocycles. The predicted octanol–water partition coefficient (Wildman–Crippen LogP) is 3.40. The summed E-state index contributed by atoms with van der Waals surface area (Å²) in [4.78, 5) is 0. The van der Waals surface area contributed by atoms with Gasteiger partial charge in [-0.1, -0.05) is 49.1 Å². The average Bonchev–Trinajstić information content (AvgIpc) is 2.43. The highest BCUT2D eigenvalue weighted by Gasteiger charge is 2.22. The van der Waals surface area contributed by atoms with Crippen LogP contribution >= 0.6 is 0 Å². The van der Waals surface area contributed by atoms with Gasteiger partial charge in [0.25, 0.3) is 0 Å². The summed E-state index contributed by atoms with van der Waals surface area (Å²) < 4.78 is 0. The highest BCUT2D eigenvalue weighted by Crippen LogP contribution is 2.32. The molecule has 1 aromatic rings. The quantitative estimate of drug-likeness (QED) is 0.695. The highest BCUT2D eigenvalue weighted by molar-refractivity contribution is 5.26. The number of aliphatic hydroxyl groups is 1. The van der Waals surface area contributed by atoms with Gasteiger partial charge in [-0.2, -0.15) is 0 Å². The number of hydrogen-bond donors (Lipinski definition) is 1. The molecule has 0 aromatic heterocycles. The molecule has 0 bridgehead atoms. The van der Waals surface area contributed by atoms with Crippen molar-refractivity contribution < 1.29 is 5.11 Å². The van der Waals surface area contributed by atoms with Crippen LogP contribution in [0.4, 0.5) is 0 Å². The minimum Gasteiger partial charge on any atom is -0.392 e. The molecule has 82 valence electrons. The van der Waals surface area contributed by atoms with Gasteiger partial charge in [0.2, 0.25) is 0 Å². The molecule has 0 amide bonds. The van der Waals surface area contributed by atoms with Crippen molar-refractivity contribution in [1.29, 1.82) is 0 Å². The average molecular weight is 204 g/mol. The molecule has 1 aliphatic carbocycles. The highest BCUT2D eigenvalue weighted by atomic mass is 16.3. The number of benzene rings is 1. The van der Waals surface area contributed by atoms with E-state index in [1.54, 1.807) is 0 Å². The van der Waals surface area contributed by atoms with Gasteiger partial charge in [-0.25, -0.2) is 0 Å². The normalized spacial score (nSPS) is 27.3. The first kappa shape index (κ1) is 10.7. The fourth-order valence-electron chi connectivity index (χ4n) is 2.58. The number of aliphatic hydroxyl groups excluding tert-OH is 1. The van der Waals surface area contributed by atoms with Crippen LogP contribution in [0.5, 0.6) is 0 Å². The van der Waals surface area contributed by atoms with E-state index in [9.17, 15) is 5.11 Å². The number of aryl methyl sites for hydroxylation is 1. The zero-order valence-corrected chi connectivity index (χ0v) is 9.45. The fourth-order valence-corrected chi connectivity index (χ4v) is 2.58. The lowest BCUT2D eigenvalue weighted by Gasteiger charge is -2.21. The molecule has 2 unspecified atom stereocenters. The zero-order valence-electron chi connectivity index (χ0n) is 9.45. The van der Waals surface area contributed by atoms with Crippen molar-refractivity contribution in [3.05, 3.63) is 35.4 Å². The molecule has 0 saturated heterocycles. The lowest BCUT2D eigenvalue weighted by atomic mass is 9.89. The van der Waals surface area contributed by atoms with Gasteiger partial charge in [-0.3, -0.25) is 0 Å². The van der Waals surface area contributed by atoms with Gasteiger partial charge in [0.1, 0.15) is 0 Å². The van der Waals surface area contributed by atoms with E-state index in [-0.39, 0.29) is 6.10 Å². The molecule has 1 fully saturated rings.